The van der Waals surface area contributed by atoms with E-state index in [-0.39, 0.29) is 22.4 Å². The van der Waals surface area contributed by atoms with Crippen molar-refractivity contribution in [3.8, 4) is 0 Å². The minimum atomic E-state index is 0. The van der Waals surface area contributed by atoms with Gasteiger partial charge in [0, 0.05) is 22.4 Å². The van der Waals surface area contributed by atoms with Crippen LogP contribution in [0.1, 0.15) is 55.4 Å². The first-order valence-electron chi connectivity index (χ1n) is 10.5. The molecule has 25 heavy (non-hydrogen) atoms. The molecular weight excluding hydrogens is 472 g/mol. The molecule has 0 aromatic rings. The van der Waals surface area contributed by atoms with Gasteiger partial charge in [-0.3, -0.25) is 0 Å². The van der Waals surface area contributed by atoms with Crippen molar-refractivity contribution in [1.82, 2.24) is 0 Å². The van der Waals surface area contributed by atoms with Crippen LogP contribution in [-0.4, -0.2) is 73.9 Å². The molecule has 5 heteroatoms. The molecular formula is C20H48AgP4. The Bertz CT molecular complexity index is 178. The Morgan fingerprint density at radius 1 is 0.320 bits per heavy atom. The van der Waals surface area contributed by atoms with E-state index in [9.17, 15) is 0 Å². The van der Waals surface area contributed by atoms with Gasteiger partial charge < -0.3 is 0 Å². The summed E-state index contributed by atoms with van der Waals surface area (Å²) in [5, 5.41) is 0. The van der Waals surface area contributed by atoms with Crippen LogP contribution in [0, 0.1) is 0 Å². The molecule has 0 bridgehead atoms. The first-order valence-corrected chi connectivity index (χ1v) is 18.0. The van der Waals surface area contributed by atoms with Crippen molar-refractivity contribution < 1.29 is 22.4 Å². The quantitative estimate of drug-likeness (QED) is 0.161. The molecule has 1 radical (unpaired) electrons. The fourth-order valence-electron chi connectivity index (χ4n) is 2.73. The maximum Gasteiger partial charge on any atom is 0 e. The fraction of sp³-hybridized carbons (Fsp3) is 1.00. The SMILES string of the molecule is CCP(CC)CCP(CC)CC.CCP(CC)CCP(CC)CC.[Ag]. The second-order valence-electron chi connectivity index (χ2n) is 6.11. The van der Waals surface area contributed by atoms with Crippen LogP contribution < -0.4 is 0 Å². The molecule has 0 amide bonds. The number of hydrogen-bond acceptors (Lipinski definition) is 0. The predicted molar refractivity (Wildman–Crippen MR) is 131 cm³/mol. The van der Waals surface area contributed by atoms with Gasteiger partial charge in [-0.2, -0.15) is 0 Å². The molecule has 0 saturated heterocycles. The summed E-state index contributed by atoms with van der Waals surface area (Å²) < 4.78 is 0. The van der Waals surface area contributed by atoms with Crippen molar-refractivity contribution in [3.05, 3.63) is 0 Å². The van der Waals surface area contributed by atoms with E-state index < -0.39 is 0 Å². The molecule has 0 aromatic heterocycles. The number of rotatable bonds is 14. The first-order chi connectivity index (χ1) is 11.6. The van der Waals surface area contributed by atoms with Crippen LogP contribution in [0.15, 0.2) is 0 Å². The molecule has 0 heterocycles. The van der Waals surface area contributed by atoms with Crippen LogP contribution in [-0.2, 0) is 22.4 Å². The summed E-state index contributed by atoms with van der Waals surface area (Å²) in [6.07, 6.45) is 17.8. The molecule has 0 aliphatic heterocycles. The van der Waals surface area contributed by atoms with Gasteiger partial charge in [0.05, 0.1) is 0 Å². The summed E-state index contributed by atoms with van der Waals surface area (Å²) in [5.74, 6) is 0. The van der Waals surface area contributed by atoms with Crippen LogP contribution in [0.5, 0.6) is 0 Å². The molecule has 0 atom stereocenters. The van der Waals surface area contributed by atoms with Crippen molar-refractivity contribution in [2.45, 2.75) is 55.4 Å². The van der Waals surface area contributed by atoms with Gasteiger partial charge in [0.15, 0.2) is 0 Å². The summed E-state index contributed by atoms with van der Waals surface area (Å²) in [4.78, 5) is 0. The Labute approximate surface area is 182 Å². The molecule has 0 unspecified atom stereocenters. The van der Waals surface area contributed by atoms with Crippen molar-refractivity contribution in [2.75, 3.05) is 73.9 Å². The summed E-state index contributed by atoms with van der Waals surface area (Å²) in [5.41, 5.74) is 0. The van der Waals surface area contributed by atoms with E-state index in [1.54, 1.807) is 24.6 Å². The van der Waals surface area contributed by atoms with Gasteiger partial charge >= 0.3 is 0 Å². The smallest absolute Gasteiger partial charge is 0 e. The van der Waals surface area contributed by atoms with Gasteiger partial charge in [-0.15, -0.1) is 31.7 Å². The van der Waals surface area contributed by atoms with E-state index in [4.69, 9.17) is 0 Å². The van der Waals surface area contributed by atoms with Crippen LogP contribution >= 0.6 is 31.7 Å². The molecule has 0 N–H and O–H groups in total. The van der Waals surface area contributed by atoms with Crippen molar-refractivity contribution >= 4 is 31.7 Å². The molecule has 0 aliphatic carbocycles. The zero-order chi connectivity index (χ0) is 18.8. The van der Waals surface area contributed by atoms with Crippen LogP contribution in [0.2, 0.25) is 0 Å². The Morgan fingerprint density at radius 2 is 0.440 bits per heavy atom. The Balaban J connectivity index is -0.000000372. The third-order valence-corrected chi connectivity index (χ3v) is 16.3. The topological polar surface area (TPSA) is 0 Å². The minimum Gasteiger partial charge on any atom is -0.107 e. The molecule has 159 valence electrons. The fourth-order valence-corrected chi connectivity index (χ4v) is 11.6. The minimum absolute atomic E-state index is 0. The second-order valence-corrected chi connectivity index (χ2v) is 18.3. The standard InChI is InChI=1S/2C10H24P2.Ag/c2*1-5-11(6-2)9-10-12(7-3)8-4;/h2*5-10H2,1-4H3;. The Hall–Kier alpha value is 2.46. The van der Waals surface area contributed by atoms with Gasteiger partial charge in [-0.05, 0) is 73.9 Å². The first kappa shape index (κ1) is 32.1. The average Bonchev–Trinajstić information content (AvgIpc) is 2.63. The third kappa shape index (κ3) is 19.5. The van der Waals surface area contributed by atoms with E-state index in [1.807, 2.05) is 0 Å². The van der Waals surface area contributed by atoms with Crippen LogP contribution in [0.4, 0.5) is 0 Å². The molecule has 0 nitrogen and oxygen atoms in total. The third-order valence-electron chi connectivity index (χ3n) is 5.04. The summed E-state index contributed by atoms with van der Waals surface area (Å²) in [6.45, 7) is 18.9. The van der Waals surface area contributed by atoms with Gasteiger partial charge in [0.1, 0.15) is 0 Å². The van der Waals surface area contributed by atoms with Crippen LogP contribution in [0.3, 0.4) is 0 Å². The molecule has 0 spiro atoms. The van der Waals surface area contributed by atoms with E-state index >= 15 is 0 Å². The molecule has 0 fully saturated rings. The predicted octanol–water partition coefficient (Wildman–Crippen LogP) is 8.06. The van der Waals surface area contributed by atoms with E-state index in [2.05, 4.69) is 55.4 Å². The normalized spacial score (nSPS) is 11.0. The van der Waals surface area contributed by atoms with Gasteiger partial charge in [-0.1, -0.05) is 55.4 Å². The van der Waals surface area contributed by atoms with E-state index in [0.29, 0.717) is 31.7 Å². The van der Waals surface area contributed by atoms with Crippen molar-refractivity contribution in [2.24, 2.45) is 0 Å². The Kier molecular flexibility index (Phi) is 31.5. The summed E-state index contributed by atoms with van der Waals surface area (Å²) in [6, 6.07) is 0. The largest absolute Gasteiger partial charge is 0.107 e. The second kappa shape index (κ2) is 24.5. The zero-order valence-corrected chi connectivity index (χ0v) is 23.6. The maximum absolute atomic E-state index is 2.36. The molecule has 0 rings (SSSR count). The number of hydrogen-bond donors (Lipinski definition) is 0. The maximum atomic E-state index is 2.36. The summed E-state index contributed by atoms with van der Waals surface area (Å²) >= 11 is 0. The molecule has 0 aliphatic rings. The van der Waals surface area contributed by atoms with E-state index in [1.165, 1.54) is 49.3 Å². The van der Waals surface area contributed by atoms with Crippen molar-refractivity contribution in [1.29, 1.82) is 0 Å². The molecule has 0 saturated carbocycles. The van der Waals surface area contributed by atoms with Gasteiger partial charge in [0.25, 0.3) is 0 Å². The van der Waals surface area contributed by atoms with E-state index in [0.717, 1.165) is 0 Å². The Morgan fingerprint density at radius 3 is 0.520 bits per heavy atom. The van der Waals surface area contributed by atoms with Crippen molar-refractivity contribution in [3.63, 3.8) is 0 Å². The average molecular weight is 520 g/mol. The van der Waals surface area contributed by atoms with Gasteiger partial charge in [-0.25, -0.2) is 0 Å². The monoisotopic (exact) mass is 519 g/mol. The zero-order valence-electron chi connectivity index (χ0n) is 18.6. The van der Waals surface area contributed by atoms with Crippen LogP contribution in [0.25, 0.3) is 0 Å². The summed E-state index contributed by atoms with van der Waals surface area (Å²) in [7, 11) is 1.66. The molecule has 0 aromatic carbocycles. The van der Waals surface area contributed by atoms with Gasteiger partial charge in [0.2, 0.25) is 0 Å².